The average molecular weight is 345 g/mol. The van der Waals surface area contributed by atoms with Gasteiger partial charge in [0.2, 0.25) is 0 Å². The van der Waals surface area contributed by atoms with Crippen molar-refractivity contribution in [1.29, 1.82) is 0 Å². The van der Waals surface area contributed by atoms with E-state index in [2.05, 4.69) is 67.3 Å². The quantitative estimate of drug-likeness (QED) is 0.448. The van der Waals surface area contributed by atoms with Gasteiger partial charge < -0.3 is 5.32 Å². The lowest BCUT2D eigenvalue weighted by Gasteiger charge is -2.17. The van der Waals surface area contributed by atoms with Gasteiger partial charge in [-0.1, -0.05) is 73.9 Å². The van der Waals surface area contributed by atoms with Crippen molar-refractivity contribution in [1.82, 2.24) is 5.32 Å². The van der Waals surface area contributed by atoms with Crippen LogP contribution in [0, 0.1) is 0 Å². The maximum Gasteiger partial charge on any atom is 0.125 e. The number of nitrogens with zero attached hydrogens (tertiary/aromatic N) is 1. The molecule has 0 spiro atoms. The Bertz CT molecular complexity index is 803. The molecule has 1 aromatic carbocycles. The molecule has 1 aromatic rings. The smallest absolute Gasteiger partial charge is 0.125 e. The number of hydrogen-bond acceptors (Lipinski definition) is 2. The number of aliphatic imine (C=N–C) groups is 1. The van der Waals surface area contributed by atoms with Gasteiger partial charge in [0.05, 0.1) is 6.04 Å². The molecule has 2 heteroatoms. The van der Waals surface area contributed by atoms with Crippen molar-refractivity contribution >= 4 is 11.8 Å². The fourth-order valence-corrected chi connectivity index (χ4v) is 3.28. The molecule has 0 bridgehead atoms. The minimum atomic E-state index is 0.259. The lowest BCUT2D eigenvalue weighted by molar-refractivity contribution is 0.589. The van der Waals surface area contributed by atoms with Crippen LogP contribution in [0.25, 0.3) is 5.57 Å². The number of fused-ring (bicyclic) bond motifs is 1. The fraction of sp³-hybridized carbons (Fsp3) is 0.208. The Hall–Kier alpha value is -2.87. The van der Waals surface area contributed by atoms with Crippen molar-refractivity contribution in [3.63, 3.8) is 0 Å². The number of benzene rings is 1. The Morgan fingerprint density at radius 3 is 2.62 bits per heavy atom. The number of allylic oxidation sites excluding steroid dienone is 8. The molecule has 1 N–H and O–H groups in total. The van der Waals surface area contributed by atoms with Crippen molar-refractivity contribution < 1.29 is 0 Å². The number of rotatable bonds is 8. The Labute approximate surface area is 157 Å². The van der Waals surface area contributed by atoms with E-state index in [9.17, 15) is 0 Å². The standard InChI is InChI=1S/C24H28N2/c1-6-11-19(17-18(5)8-3)20-13-10-14-22-21(20)15-16-23(22)26-24(12-7-2)25-9-4/h6-14,17,23,26H,1-3,15-16H2,4-5H3/b18-17-,19-11+,24-12+,25-9?. The summed E-state index contributed by atoms with van der Waals surface area (Å²) in [6.07, 6.45) is 15.5. The molecule has 1 aliphatic carbocycles. The van der Waals surface area contributed by atoms with Crippen LogP contribution in [0.5, 0.6) is 0 Å². The molecule has 1 unspecified atom stereocenters. The lowest BCUT2D eigenvalue weighted by Crippen LogP contribution is -2.17. The second-order valence-electron chi connectivity index (χ2n) is 6.23. The van der Waals surface area contributed by atoms with Gasteiger partial charge in [-0.05, 0) is 55.0 Å². The third-order valence-corrected chi connectivity index (χ3v) is 4.45. The molecule has 0 radical (unpaired) electrons. The van der Waals surface area contributed by atoms with Gasteiger partial charge in [-0.2, -0.15) is 0 Å². The van der Waals surface area contributed by atoms with E-state index in [1.807, 2.05) is 25.2 Å². The maximum absolute atomic E-state index is 4.40. The van der Waals surface area contributed by atoms with Gasteiger partial charge in [-0.25, -0.2) is 4.99 Å². The summed E-state index contributed by atoms with van der Waals surface area (Å²) >= 11 is 0. The van der Waals surface area contributed by atoms with Crippen LogP contribution in [0.15, 0.2) is 90.8 Å². The van der Waals surface area contributed by atoms with Crippen LogP contribution in [-0.2, 0) is 6.42 Å². The molecule has 0 heterocycles. The predicted octanol–water partition coefficient (Wildman–Crippen LogP) is 6.08. The second kappa shape index (κ2) is 9.57. The van der Waals surface area contributed by atoms with Gasteiger partial charge in [0.25, 0.3) is 0 Å². The first-order chi connectivity index (χ1) is 12.6. The van der Waals surface area contributed by atoms with E-state index in [1.54, 1.807) is 12.3 Å². The van der Waals surface area contributed by atoms with Crippen molar-refractivity contribution in [2.24, 2.45) is 4.99 Å². The molecule has 0 saturated carbocycles. The highest BCUT2D eigenvalue weighted by Gasteiger charge is 2.25. The molecular formula is C24H28N2. The zero-order chi connectivity index (χ0) is 18.9. The largest absolute Gasteiger partial charge is 0.363 e. The van der Waals surface area contributed by atoms with Crippen LogP contribution in [0.1, 0.15) is 43.0 Å². The van der Waals surface area contributed by atoms with Crippen LogP contribution in [0.2, 0.25) is 0 Å². The third-order valence-electron chi connectivity index (χ3n) is 4.45. The van der Waals surface area contributed by atoms with Gasteiger partial charge in [-0.15, -0.1) is 0 Å². The van der Waals surface area contributed by atoms with E-state index in [0.29, 0.717) is 0 Å². The molecule has 1 atom stereocenters. The Kier molecular flexibility index (Phi) is 7.16. The third kappa shape index (κ3) is 4.60. The van der Waals surface area contributed by atoms with Crippen LogP contribution in [-0.4, -0.2) is 6.21 Å². The van der Waals surface area contributed by atoms with Crippen molar-refractivity contribution in [2.75, 3.05) is 0 Å². The molecule has 2 nitrogen and oxygen atoms in total. The van der Waals surface area contributed by atoms with Gasteiger partial charge >= 0.3 is 0 Å². The molecule has 134 valence electrons. The van der Waals surface area contributed by atoms with E-state index < -0.39 is 0 Å². The fourth-order valence-electron chi connectivity index (χ4n) is 3.28. The van der Waals surface area contributed by atoms with Crippen LogP contribution >= 0.6 is 0 Å². The summed E-state index contributed by atoms with van der Waals surface area (Å²) in [6.45, 7) is 15.5. The van der Waals surface area contributed by atoms with E-state index >= 15 is 0 Å². The zero-order valence-electron chi connectivity index (χ0n) is 15.8. The monoisotopic (exact) mass is 344 g/mol. The van der Waals surface area contributed by atoms with Crippen LogP contribution in [0.3, 0.4) is 0 Å². The van der Waals surface area contributed by atoms with Crippen LogP contribution in [0.4, 0.5) is 0 Å². The summed E-state index contributed by atoms with van der Waals surface area (Å²) in [5.74, 6) is 0.843. The molecule has 0 aromatic heterocycles. The van der Waals surface area contributed by atoms with Crippen molar-refractivity contribution in [2.45, 2.75) is 32.7 Å². The van der Waals surface area contributed by atoms with Gasteiger partial charge in [0.1, 0.15) is 5.82 Å². The topological polar surface area (TPSA) is 24.4 Å². The van der Waals surface area contributed by atoms with Gasteiger partial charge in [0, 0.05) is 6.21 Å². The highest BCUT2D eigenvalue weighted by molar-refractivity contribution is 5.79. The van der Waals surface area contributed by atoms with E-state index in [1.165, 1.54) is 22.3 Å². The molecule has 0 fully saturated rings. The van der Waals surface area contributed by atoms with E-state index in [4.69, 9.17) is 0 Å². The van der Waals surface area contributed by atoms with E-state index in [0.717, 1.165) is 24.2 Å². The van der Waals surface area contributed by atoms with E-state index in [-0.39, 0.29) is 6.04 Å². The summed E-state index contributed by atoms with van der Waals surface area (Å²) in [6, 6.07) is 6.78. The normalized spacial score (nSPS) is 17.9. The zero-order valence-corrected chi connectivity index (χ0v) is 15.8. The highest BCUT2D eigenvalue weighted by atomic mass is 15.1. The first-order valence-corrected chi connectivity index (χ1v) is 8.98. The van der Waals surface area contributed by atoms with Crippen LogP contribution < -0.4 is 5.32 Å². The summed E-state index contributed by atoms with van der Waals surface area (Å²) < 4.78 is 0. The first-order valence-electron chi connectivity index (χ1n) is 8.98. The molecular weight excluding hydrogens is 316 g/mol. The Balaban J connectivity index is 2.42. The summed E-state index contributed by atoms with van der Waals surface area (Å²) in [4.78, 5) is 4.40. The first kappa shape index (κ1) is 19.5. The maximum atomic E-state index is 4.40. The Morgan fingerprint density at radius 2 is 1.96 bits per heavy atom. The average Bonchev–Trinajstić information content (AvgIpc) is 3.04. The van der Waals surface area contributed by atoms with Gasteiger partial charge in [0.15, 0.2) is 0 Å². The van der Waals surface area contributed by atoms with Gasteiger partial charge in [-0.3, -0.25) is 0 Å². The molecule has 1 aliphatic rings. The minimum Gasteiger partial charge on any atom is -0.363 e. The Morgan fingerprint density at radius 1 is 1.19 bits per heavy atom. The minimum absolute atomic E-state index is 0.259. The lowest BCUT2D eigenvalue weighted by atomic mass is 9.94. The second-order valence-corrected chi connectivity index (χ2v) is 6.23. The summed E-state index contributed by atoms with van der Waals surface area (Å²) in [7, 11) is 0. The molecule has 0 aliphatic heterocycles. The molecule has 26 heavy (non-hydrogen) atoms. The molecule has 0 saturated heterocycles. The molecule has 2 rings (SSSR count). The molecule has 0 amide bonds. The number of nitrogens with one attached hydrogen (secondary N) is 1. The summed E-state index contributed by atoms with van der Waals surface area (Å²) in [5, 5.41) is 3.54. The van der Waals surface area contributed by atoms with Crippen molar-refractivity contribution in [3.05, 3.63) is 102 Å². The number of hydrogen-bond donors (Lipinski definition) is 1. The predicted molar refractivity (Wildman–Crippen MR) is 115 cm³/mol. The van der Waals surface area contributed by atoms with Crippen molar-refractivity contribution in [3.8, 4) is 0 Å². The SMILES string of the molecule is C=C/C=C(\N=CC)NC1CCc2c(C(/C=C(/C)C=C)=C/C=C)cccc21. The highest BCUT2D eigenvalue weighted by Crippen LogP contribution is 2.37. The summed E-state index contributed by atoms with van der Waals surface area (Å²) in [5.41, 5.74) is 6.30.